The Morgan fingerprint density at radius 3 is 1.78 bits per heavy atom. The van der Waals surface area contributed by atoms with E-state index in [0.717, 1.165) is 6.08 Å². The van der Waals surface area contributed by atoms with E-state index in [2.05, 4.69) is 55.3 Å². The molecule has 0 aromatic carbocycles. The maximum absolute atomic E-state index is 11.4. The lowest BCUT2D eigenvalue weighted by Gasteiger charge is -2.22. The first-order valence-electron chi connectivity index (χ1n) is 6.64. The zero-order chi connectivity index (χ0) is 21.9. The van der Waals surface area contributed by atoms with Crippen LogP contribution in [0.2, 0.25) is 0 Å². The fourth-order valence-electron chi connectivity index (χ4n) is 0.942. The summed E-state index contributed by atoms with van der Waals surface area (Å²) in [5, 5.41) is 1.41. The van der Waals surface area contributed by atoms with E-state index < -0.39 is 23.9 Å². The molecular formula is C11H21Br2Cl2NO9P2. The van der Waals surface area contributed by atoms with Gasteiger partial charge in [0.2, 0.25) is 9.15 Å². The van der Waals surface area contributed by atoms with Crippen LogP contribution in [0.3, 0.4) is 0 Å². The largest absolute Gasteiger partial charge is 0.529 e. The Kier molecular flexibility index (Phi) is 15.5. The molecule has 1 N–H and O–H groups in total. The van der Waals surface area contributed by atoms with Crippen molar-refractivity contribution in [2.75, 3.05) is 35.5 Å². The van der Waals surface area contributed by atoms with Gasteiger partial charge in [-0.05, 0) is 22.9 Å². The molecule has 0 aromatic heterocycles. The van der Waals surface area contributed by atoms with Gasteiger partial charge in [-0.25, -0.2) is 9.13 Å². The van der Waals surface area contributed by atoms with Gasteiger partial charge in [0, 0.05) is 41.6 Å². The summed E-state index contributed by atoms with van der Waals surface area (Å²) >= 11 is 17.0. The van der Waals surface area contributed by atoms with Gasteiger partial charge in [-0.2, -0.15) is 0 Å². The fourth-order valence-corrected chi connectivity index (χ4v) is 3.42. The zero-order valence-corrected chi connectivity index (χ0v) is 21.7. The molecule has 0 aliphatic rings. The van der Waals surface area contributed by atoms with Crippen LogP contribution < -0.4 is 5.32 Å². The molecule has 1 amide bonds. The monoisotopic (exact) mass is 601 g/mol. The van der Waals surface area contributed by atoms with Gasteiger partial charge in [0.1, 0.15) is 5.76 Å². The van der Waals surface area contributed by atoms with Crippen LogP contribution in [0.5, 0.6) is 0 Å². The number of phosphoric acid groups is 2. The number of halogens is 4. The Morgan fingerprint density at radius 1 is 1.07 bits per heavy atom. The first-order valence-corrected chi connectivity index (χ1v) is 12.0. The number of amides is 1. The molecule has 0 saturated carbocycles. The molecule has 1 atom stereocenters. The normalized spacial score (nSPS) is 14.1. The Balaban J connectivity index is 0. The van der Waals surface area contributed by atoms with E-state index >= 15 is 0 Å². The molecule has 0 heterocycles. The molecule has 0 radical (unpaired) electrons. The molecule has 0 aliphatic heterocycles. The number of allylic oxidation sites excluding steroid dienone is 1. The molecule has 0 rings (SSSR count). The Hall–Kier alpha value is 0.810. The number of nitrogens with one attached hydrogen (secondary N) is 1. The van der Waals surface area contributed by atoms with Crippen molar-refractivity contribution in [1.82, 2.24) is 5.32 Å². The Bertz CT molecular complexity index is 573. The van der Waals surface area contributed by atoms with Gasteiger partial charge in [-0.3, -0.25) is 27.4 Å². The predicted octanol–water partition coefficient (Wildman–Crippen LogP) is 4.70. The second-order valence-corrected chi connectivity index (χ2v) is 12.1. The van der Waals surface area contributed by atoms with Crippen molar-refractivity contribution in [3.8, 4) is 0 Å². The van der Waals surface area contributed by atoms with Crippen LogP contribution in [-0.4, -0.2) is 49.6 Å². The summed E-state index contributed by atoms with van der Waals surface area (Å²) in [4.78, 5) is 10.8. The fraction of sp³-hybridized carbons (Fsp3) is 0.727. The van der Waals surface area contributed by atoms with Crippen molar-refractivity contribution < 1.29 is 41.1 Å². The summed E-state index contributed by atoms with van der Waals surface area (Å²) in [6.45, 7) is 1.47. The van der Waals surface area contributed by atoms with E-state index in [9.17, 15) is 13.9 Å². The number of phosphoric ester groups is 2. The summed E-state index contributed by atoms with van der Waals surface area (Å²) in [6.07, 6.45) is 1.14. The van der Waals surface area contributed by atoms with Crippen molar-refractivity contribution in [3.63, 3.8) is 0 Å². The van der Waals surface area contributed by atoms with Crippen LogP contribution >= 0.6 is 70.7 Å². The third-order valence-electron chi connectivity index (χ3n) is 2.21. The number of carbonyl (C=O) groups is 1. The van der Waals surface area contributed by atoms with Gasteiger partial charge in [0.15, 0.2) is 5.01 Å². The van der Waals surface area contributed by atoms with Crippen LogP contribution in [0.15, 0.2) is 11.8 Å². The first kappa shape index (κ1) is 30.0. The maximum Gasteiger partial charge on any atom is 0.529 e. The van der Waals surface area contributed by atoms with Crippen molar-refractivity contribution in [2.45, 2.75) is 15.2 Å². The number of hydrogen-bond donors (Lipinski definition) is 1. The molecular weight excluding hydrogens is 583 g/mol. The van der Waals surface area contributed by atoms with Crippen LogP contribution in [0, 0.1) is 0 Å². The van der Waals surface area contributed by atoms with Gasteiger partial charge < -0.3 is 9.84 Å². The summed E-state index contributed by atoms with van der Waals surface area (Å²) < 4.78 is 49.0. The number of hydrogen-bond acceptors (Lipinski definition) is 9. The van der Waals surface area contributed by atoms with Gasteiger partial charge in [0.05, 0.1) is 0 Å². The number of carbonyl (C=O) groups excluding carboxylic acids is 1. The first-order chi connectivity index (χ1) is 12.2. The minimum Gasteiger partial charge on any atom is -0.409 e. The van der Waals surface area contributed by atoms with Crippen LogP contribution in [0.25, 0.3) is 0 Å². The second-order valence-electron chi connectivity index (χ2n) is 4.05. The molecule has 0 bridgehead atoms. The molecule has 27 heavy (non-hydrogen) atoms. The molecule has 0 spiro atoms. The van der Waals surface area contributed by atoms with E-state index in [1.54, 1.807) is 0 Å². The lowest BCUT2D eigenvalue weighted by Crippen LogP contribution is -2.21. The topological polar surface area (TPSA) is 119 Å². The molecule has 10 nitrogen and oxygen atoms in total. The third kappa shape index (κ3) is 13.6. The minimum absolute atomic E-state index is 0.149. The summed E-state index contributed by atoms with van der Waals surface area (Å²) in [6, 6.07) is 0. The van der Waals surface area contributed by atoms with E-state index in [4.69, 9.17) is 32.2 Å². The van der Waals surface area contributed by atoms with Gasteiger partial charge >= 0.3 is 15.6 Å². The van der Waals surface area contributed by atoms with Gasteiger partial charge in [0.25, 0.3) is 0 Å². The quantitative estimate of drug-likeness (QED) is 0.164. The Morgan fingerprint density at radius 2 is 1.48 bits per heavy atom. The number of rotatable bonds is 10. The summed E-state index contributed by atoms with van der Waals surface area (Å²) in [7, 11) is -0.912. The number of alkyl halides is 4. The maximum atomic E-state index is 11.4. The highest BCUT2D eigenvalue weighted by atomic mass is 79.9. The molecule has 0 aliphatic carbocycles. The molecule has 162 valence electrons. The van der Waals surface area contributed by atoms with Crippen LogP contribution in [-0.2, 0) is 41.1 Å². The lowest BCUT2D eigenvalue weighted by molar-refractivity contribution is -0.116. The van der Waals surface area contributed by atoms with Crippen LogP contribution in [0.4, 0.5) is 0 Å². The molecule has 0 aromatic rings. The standard InChI is InChI=1S/C7H14NO5P.C4H7Br2Cl2O4P/c1-6(5-7(9)8-2)13-14(10,11-3)12-4;1-10-13(9,11-2)12-3(5)4(6,7)8/h5H,1-4H3,(H,8,9);3H,1-2H3/b6-5+;. The average Bonchev–Trinajstić information content (AvgIpc) is 2.60. The summed E-state index contributed by atoms with van der Waals surface area (Å²) in [5.41, 5.74) is 0. The van der Waals surface area contributed by atoms with E-state index in [1.807, 2.05) is 0 Å². The smallest absolute Gasteiger partial charge is 0.409 e. The van der Waals surface area contributed by atoms with Gasteiger partial charge in [-0.15, -0.1) is 0 Å². The highest BCUT2D eigenvalue weighted by Gasteiger charge is 2.38. The van der Waals surface area contributed by atoms with E-state index in [0.29, 0.717) is 0 Å². The lowest BCUT2D eigenvalue weighted by atomic mass is 10.5. The average molecular weight is 604 g/mol. The highest BCUT2D eigenvalue weighted by molar-refractivity contribution is 9.13. The third-order valence-corrected chi connectivity index (χ3v) is 8.10. The molecule has 16 heteroatoms. The highest BCUT2D eigenvalue weighted by Crippen LogP contribution is 2.53. The van der Waals surface area contributed by atoms with Crippen molar-refractivity contribution in [1.29, 1.82) is 0 Å². The zero-order valence-electron chi connectivity index (χ0n) is 15.2. The van der Waals surface area contributed by atoms with Crippen LogP contribution in [0.1, 0.15) is 6.92 Å². The molecule has 0 saturated heterocycles. The Labute approximate surface area is 185 Å². The summed E-state index contributed by atoms with van der Waals surface area (Å²) in [5.74, 6) is -0.211. The van der Waals surface area contributed by atoms with Gasteiger partial charge in [-0.1, -0.05) is 39.1 Å². The number of likely N-dealkylation sites (N-methyl/N-ethyl adjacent to an activating group) is 1. The van der Waals surface area contributed by atoms with E-state index in [-0.39, 0.29) is 11.7 Å². The van der Waals surface area contributed by atoms with Crippen molar-refractivity contribution in [3.05, 3.63) is 11.8 Å². The minimum atomic E-state index is -3.58. The van der Waals surface area contributed by atoms with Crippen molar-refractivity contribution in [2.24, 2.45) is 0 Å². The predicted molar refractivity (Wildman–Crippen MR) is 109 cm³/mol. The second kappa shape index (κ2) is 13.9. The van der Waals surface area contributed by atoms with Crippen molar-refractivity contribution >= 4 is 76.6 Å². The van der Waals surface area contributed by atoms with E-state index in [1.165, 1.54) is 42.4 Å². The SMILES string of the molecule is CNC(=O)/C=C(\C)OP(=O)(OC)OC.COP(=O)(OC)OC(Br)C(Cl)(Cl)Br. The molecule has 1 unspecified atom stereocenters. The molecule has 0 fully saturated rings.